The van der Waals surface area contributed by atoms with Gasteiger partial charge in [-0.2, -0.15) is 5.26 Å². The van der Waals surface area contributed by atoms with Gasteiger partial charge >= 0.3 is 0 Å². The number of pyridine rings is 1. The summed E-state index contributed by atoms with van der Waals surface area (Å²) < 4.78 is 36.7. The maximum Gasteiger partial charge on any atom is 0.210 e. The fourth-order valence-electron chi connectivity index (χ4n) is 4.02. The predicted molar refractivity (Wildman–Crippen MR) is 114 cm³/mol. The first-order chi connectivity index (χ1) is 14.1. The Morgan fingerprint density at radius 2 is 2.17 bits per heavy atom. The first kappa shape index (κ1) is 20.4. The Hall–Kier alpha value is -2.87. The van der Waals surface area contributed by atoms with Crippen molar-refractivity contribution in [3.63, 3.8) is 0 Å². The molecule has 0 saturated heterocycles. The maximum absolute atomic E-state index is 14.8. The standard InChI is InChI=1S/C20H23FN6O2S/c1-20(11-30(28,29)27(2)19(23)26-20)15-8-14(4-5-16(15)21)25-17-6-3-13-7-12(9-22)10-24-18(13)17/h4-5,7-8,10,17,25,28-29H,3,6,11H2,1-2H3,(H2,23,26). The van der Waals surface area contributed by atoms with E-state index in [9.17, 15) is 13.5 Å². The van der Waals surface area contributed by atoms with E-state index in [0.717, 1.165) is 28.4 Å². The van der Waals surface area contributed by atoms with Crippen LogP contribution < -0.4 is 11.1 Å². The second-order valence-electron chi connectivity index (χ2n) is 7.83. The normalized spacial score (nSPS) is 25.8. The lowest BCUT2D eigenvalue weighted by molar-refractivity contribution is 0.391. The lowest BCUT2D eigenvalue weighted by atomic mass is 9.93. The summed E-state index contributed by atoms with van der Waals surface area (Å²) in [5, 5.41) is 12.4. The summed E-state index contributed by atoms with van der Waals surface area (Å²) >= 11 is 0. The van der Waals surface area contributed by atoms with Crippen LogP contribution in [0.5, 0.6) is 0 Å². The number of anilines is 1. The van der Waals surface area contributed by atoms with Gasteiger partial charge in [0.2, 0.25) is 5.96 Å². The average Bonchev–Trinajstić information content (AvgIpc) is 3.09. The highest BCUT2D eigenvalue weighted by atomic mass is 32.3. The molecule has 158 valence electrons. The van der Waals surface area contributed by atoms with Gasteiger partial charge < -0.3 is 11.1 Å². The molecule has 2 unspecified atom stereocenters. The lowest BCUT2D eigenvalue weighted by Gasteiger charge is -2.49. The molecule has 30 heavy (non-hydrogen) atoms. The van der Waals surface area contributed by atoms with Gasteiger partial charge in [-0.15, -0.1) is 10.8 Å². The van der Waals surface area contributed by atoms with E-state index in [1.807, 2.05) is 6.07 Å². The zero-order valence-electron chi connectivity index (χ0n) is 16.6. The number of nitrogens with one attached hydrogen (secondary N) is 1. The predicted octanol–water partition coefficient (Wildman–Crippen LogP) is 3.33. The molecule has 0 spiro atoms. The monoisotopic (exact) mass is 430 g/mol. The molecular formula is C20H23FN6O2S. The topological polar surface area (TPSA) is 131 Å². The van der Waals surface area contributed by atoms with Gasteiger partial charge in [0, 0.05) is 24.5 Å². The first-order valence-corrected chi connectivity index (χ1v) is 11.1. The number of fused-ring (bicyclic) bond motifs is 1. The molecule has 0 radical (unpaired) electrons. The second kappa shape index (κ2) is 7.12. The number of hydrogen-bond donors (Lipinski definition) is 4. The van der Waals surface area contributed by atoms with Crippen LogP contribution in [0.3, 0.4) is 0 Å². The molecule has 8 nitrogen and oxygen atoms in total. The van der Waals surface area contributed by atoms with Gasteiger partial charge in [-0.25, -0.2) is 13.7 Å². The Labute approximate surface area is 175 Å². The van der Waals surface area contributed by atoms with Gasteiger partial charge in [0.1, 0.15) is 17.4 Å². The summed E-state index contributed by atoms with van der Waals surface area (Å²) in [4.78, 5) is 8.78. The number of nitrogens with zero attached hydrogens (tertiary/aromatic N) is 4. The van der Waals surface area contributed by atoms with Crippen LogP contribution in [0.25, 0.3) is 0 Å². The number of aliphatic imine (C=N–C) groups is 1. The minimum atomic E-state index is -3.21. The molecule has 1 aromatic carbocycles. The Balaban J connectivity index is 1.65. The Kier molecular flexibility index (Phi) is 4.85. The molecule has 0 bridgehead atoms. The number of aromatic nitrogens is 1. The molecule has 0 amide bonds. The third kappa shape index (κ3) is 3.45. The minimum Gasteiger partial charge on any atom is -0.377 e. The molecule has 0 fully saturated rings. The molecule has 10 heteroatoms. The van der Waals surface area contributed by atoms with E-state index in [1.165, 1.54) is 13.1 Å². The van der Waals surface area contributed by atoms with Gasteiger partial charge in [-0.3, -0.25) is 14.1 Å². The molecular weight excluding hydrogens is 407 g/mol. The molecule has 2 atom stereocenters. The van der Waals surface area contributed by atoms with E-state index in [1.54, 1.807) is 25.3 Å². The molecule has 0 saturated carbocycles. The van der Waals surface area contributed by atoms with Crippen LogP contribution in [0.1, 0.15) is 41.8 Å². The van der Waals surface area contributed by atoms with Crippen LogP contribution in [-0.4, -0.2) is 37.2 Å². The first-order valence-electron chi connectivity index (χ1n) is 9.43. The quantitative estimate of drug-likeness (QED) is 0.587. The van der Waals surface area contributed by atoms with Crippen molar-refractivity contribution in [3.05, 3.63) is 58.7 Å². The van der Waals surface area contributed by atoms with Gasteiger partial charge in [0.15, 0.2) is 0 Å². The number of guanidine groups is 1. The molecule has 1 aromatic heterocycles. The van der Waals surface area contributed by atoms with Crippen LogP contribution in [-0.2, 0) is 12.0 Å². The van der Waals surface area contributed by atoms with Gasteiger partial charge in [0.05, 0.1) is 23.1 Å². The van der Waals surface area contributed by atoms with Crippen molar-refractivity contribution < 1.29 is 13.5 Å². The third-order valence-electron chi connectivity index (χ3n) is 5.65. The fraction of sp³-hybridized carbons (Fsp3) is 0.350. The summed E-state index contributed by atoms with van der Waals surface area (Å²) in [5.41, 5.74) is 7.99. The molecule has 5 N–H and O–H groups in total. The van der Waals surface area contributed by atoms with E-state index < -0.39 is 22.1 Å². The molecule has 1 aliphatic carbocycles. The van der Waals surface area contributed by atoms with Crippen molar-refractivity contribution in [2.24, 2.45) is 10.7 Å². The van der Waals surface area contributed by atoms with Crippen LogP contribution in [0.4, 0.5) is 10.1 Å². The Morgan fingerprint density at radius 1 is 1.40 bits per heavy atom. The Bertz CT molecular complexity index is 1090. The molecule has 2 heterocycles. The summed E-state index contributed by atoms with van der Waals surface area (Å²) in [6.07, 6.45) is 3.16. The van der Waals surface area contributed by atoms with Crippen molar-refractivity contribution in [1.82, 2.24) is 9.29 Å². The molecule has 4 rings (SSSR count). The number of hydrogen-bond acceptors (Lipinski definition) is 8. The molecule has 2 aliphatic rings. The number of rotatable bonds is 3. The SMILES string of the molecule is CN1C(N)=NC(C)(c2cc(NC3CCc4cc(C#N)cnc43)ccc2F)CS1(O)O. The van der Waals surface area contributed by atoms with E-state index in [2.05, 4.69) is 21.4 Å². The third-order valence-corrected chi connectivity index (χ3v) is 7.66. The molecule has 1 aliphatic heterocycles. The molecule has 2 aromatic rings. The smallest absolute Gasteiger partial charge is 0.210 e. The van der Waals surface area contributed by atoms with Crippen LogP contribution >= 0.6 is 10.8 Å². The van der Waals surface area contributed by atoms with Gasteiger partial charge in [-0.05, 0) is 49.6 Å². The lowest BCUT2D eigenvalue weighted by Crippen LogP contribution is -2.47. The van der Waals surface area contributed by atoms with Crippen molar-refractivity contribution in [3.8, 4) is 6.07 Å². The largest absolute Gasteiger partial charge is 0.377 e. The summed E-state index contributed by atoms with van der Waals surface area (Å²) in [6.45, 7) is 1.64. The highest BCUT2D eigenvalue weighted by Crippen LogP contribution is 2.51. The highest BCUT2D eigenvalue weighted by molar-refractivity contribution is 8.22. The summed E-state index contributed by atoms with van der Waals surface area (Å²) in [7, 11) is -1.76. The highest BCUT2D eigenvalue weighted by Gasteiger charge is 2.42. The van der Waals surface area contributed by atoms with Crippen molar-refractivity contribution in [1.29, 1.82) is 5.26 Å². The fourth-order valence-corrected chi connectivity index (χ4v) is 5.53. The number of nitriles is 1. The van der Waals surface area contributed by atoms with Crippen molar-refractivity contribution >= 4 is 22.4 Å². The van der Waals surface area contributed by atoms with E-state index >= 15 is 0 Å². The van der Waals surface area contributed by atoms with Gasteiger partial charge in [-0.1, -0.05) is 0 Å². The Morgan fingerprint density at radius 3 is 2.87 bits per heavy atom. The van der Waals surface area contributed by atoms with E-state index in [-0.39, 0.29) is 23.3 Å². The number of nitrogens with two attached hydrogens (primary N) is 1. The van der Waals surface area contributed by atoms with Gasteiger partial charge in [0.25, 0.3) is 0 Å². The van der Waals surface area contributed by atoms with Crippen LogP contribution in [0, 0.1) is 17.1 Å². The van der Waals surface area contributed by atoms with E-state index in [4.69, 9.17) is 11.0 Å². The summed E-state index contributed by atoms with van der Waals surface area (Å²) in [6, 6.07) is 8.48. The van der Waals surface area contributed by atoms with Crippen LogP contribution in [0.2, 0.25) is 0 Å². The van der Waals surface area contributed by atoms with Crippen molar-refractivity contribution in [2.45, 2.75) is 31.3 Å². The van der Waals surface area contributed by atoms with E-state index in [0.29, 0.717) is 11.3 Å². The zero-order valence-corrected chi connectivity index (χ0v) is 17.4. The average molecular weight is 431 g/mol. The number of halogens is 1. The maximum atomic E-state index is 14.8. The minimum absolute atomic E-state index is 0.0521. The van der Waals surface area contributed by atoms with Crippen LogP contribution in [0.15, 0.2) is 35.5 Å². The second-order valence-corrected chi connectivity index (χ2v) is 9.93. The van der Waals surface area contributed by atoms with Crippen molar-refractivity contribution in [2.75, 3.05) is 18.1 Å². The number of aryl methyl sites for hydroxylation is 1. The zero-order chi connectivity index (χ0) is 21.7. The summed E-state index contributed by atoms with van der Waals surface area (Å²) in [5.74, 6) is -0.714. The number of benzene rings is 1.